The second-order valence-electron chi connectivity index (χ2n) is 3.11. The molecule has 0 atom stereocenters. The zero-order valence-electron chi connectivity index (χ0n) is 7.72. The molecular weight excluding hydrogens is 201 g/mol. The topological polar surface area (TPSA) is 12.9 Å². The van der Waals surface area contributed by atoms with Gasteiger partial charge < -0.3 is 0 Å². The number of rotatable bonds is 1. The predicted octanol–water partition coefficient (Wildman–Crippen LogP) is 3.59. The lowest BCUT2D eigenvalue weighted by Crippen LogP contribution is -1.89. The van der Waals surface area contributed by atoms with Gasteiger partial charge in [-0.25, -0.2) is 4.39 Å². The van der Waals surface area contributed by atoms with Crippen molar-refractivity contribution < 1.29 is 4.39 Å². The SMILES string of the molecule is CCc1cc(Cl)c2ccc(F)cc2n1. The molecule has 0 spiro atoms. The van der Waals surface area contributed by atoms with Crippen molar-refractivity contribution in [1.82, 2.24) is 4.98 Å². The first-order chi connectivity index (χ1) is 6.70. The first-order valence-corrected chi connectivity index (χ1v) is 4.83. The van der Waals surface area contributed by atoms with Crippen LogP contribution < -0.4 is 0 Å². The normalized spacial score (nSPS) is 10.8. The van der Waals surface area contributed by atoms with Crippen molar-refractivity contribution in [3.8, 4) is 0 Å². The number of hydrogen-bond donors (Lipinski definition) is 0. The monoisotopic (exact) mass is 209 g/mol. The fraction of sp³-hybridized carbons (Fsp3) is 0.182. The summed E-state index contributed by atoms with van der Waals surface area (Å²) in [6.45, 7) is 1.99. The molecule has 0 aliphatic carbocycles. The van der Waals surface area contributed by atoms with E-state index in [1.54, 1.807) is 6.07 Å². The molecule has 2 rings (SSSR count). The third-order valence-corrected chi connectivity index (χ3v) is 2.45. The van der Waals surface area contributed by atoms with Crippen LogP contribution in [-0.2, 0) is 6.42 Å². The third kappa shape index (κ3) is 1.58. The quantitative estimate of drug-likeness (QED) is 0.700. The van der Waals surface area contributed by atoms with Crippen molar-refractivity contribution >= 4 is 22.5 Å². The van der Waals surface area contributed by atoms with Crippen LogP contribution in [0, 0.1) is 5.82 Å². The molecule has 0 aliphatic heterocycles. The van der Waals surface area contributed by atoms with Crippen LogP contribution in [0.2, 0.25) is 5.02 Å². The van der Waals surface area contributed by atoms with Crippen molar-refractivity contribution in [1.29, 1.82) is 0 Å². The van der Waals surface area contributed by atoms with E-state index in [2.05, 4.69) is 4.98 Å². The largest absolute Gasteiger partial charge is 0.253 e. The summed E-state index contributed by atoms with van der Waals surface area (Å²) in [7, 11) is 0. The average molecular weight is 210 g/mol. The highest BCUT2D eigenvalue weighted by molar-refractivity contribution is 6.35. The highest BCUT2D eigenvalue weighted by Gasteiger charge is 2.03. The van der Waals surface area contributed by atoms with Crippen molar-refractivity contribution in [3.05, 3.63) is 40.8 Å². The fourth-order valence-electron chi connectivity index (χ4n) is 1.39. The Labute approximate surface area is 86.5 Å². The van der Waals surface area contributed by atoms with Crippen molar-refractivity contribution in [2.24, 2.45) is 0 Å². The molecule has 0 amide bonds. The molecule has 0 aliphatic rings. The zero-order chi connectivity index (χ0) is 10.1. The van der Waals surface area contributed by atoms with Crippen LogP contribution in [0.15, 0.2) is 24.3 Å². The summed E-state index contributed by atoms with van der Waals surface area (Å²) in [6.07, 6.45) is 0.798. The molecule has 0 bridgehead atoms. The van der Waals surface area contributed by atoms with Crippen LogP contribution in [0.3, 0.4) is 0 Å². The van der Waals surface area contributed by atoms with Gasteiger partial charge >= 0.3 is 0 Å². The molecule has 1 heterocycles. The summed E-state index contributed by atoms with van der Waals surface area (Å²) in [5.41, 5.74) is 1.50. The highest BCUT2D eigenvalue weighted by atomic mass is 35.5. The van der Waals surface area contributed by atoms with E-state index in [1.165, 1.54) is 12.1 Å². The van der Waals surface area contributed by atoms with Gasteiger partial charge in [-0.2, -0.15) is 0 Å². The molecule has 0 saturated carbocycles. The molecule has 1 aromatic carbocycles. The molecule has 0 radical (unpaired) electrons. The maximum atomic E-state index is 12.9. The molecule has 0 unspecified atom stereocenters. The Morgan fingerprint density at radius 3 is 2.86 bits per heavy atom. The number of nitrogens with zero attached hydrogens (tertiary/aromatic N) is 1. The second kappa shape index (κ2) is 3.54. The first kappa shape index (κ1) is 9.41. The van der Waals surface area contributed by atoms with E-state index in [9.17, 15) is 4.39 Å². The van der Waals surface area contributed by atoms with E-state index < -0.39 is 0 Å². The van der Waals surface area contributed by atoms with Crippen LogP contribution >= 0.6 is 11.6 Å². The lowest BCUT2D eigenvalue weighted by molar-refractivity contribution is 0.629. The Balaban J connectivity index is 2.77. The molecule has 3 heteroatoms. The van der Waals surface area contributed by atoms with Gasteiger partial charge in [0.2, 0.25) is 0 Å². The minimum atomic E-state index is -0.283. The van der Waals surface area contributed by atoms with E-state index in [4.69, 9.17) is 11.6 Å². The number of fused-ring (bicyclic) bond motifs is 1. The fourth-order valence-corrected chi connectivity index (χ4v) is 1.68. The molecule has 1 nitrogen and oxygen atoms in total. The Morgan fingerprint density at radius 1 is 1.36 bits per heavy atom. The minimum absolute atomic E-state index is 0.283. The molecular formula is C11H9ClFN. The van der Waals surface area contributed by atoms with Gasteiger partial charge in [0.05, 0.1) is 10.5 Å². The maximum Gasteiger partial charge on any atom is 0.125 e. The van der Waals surface area contributed by atoms with Gasteiger partial charge in [-0.15, -0.1) is 0 Å². The average Bonchev–Trinajstić information content (AvgIpc) is 2.16. The number of aryl methyl sites for hydroxylation is 1. The van der Waals surface area contributed by atoms with Gasteiger partial charge in [-0.3, -0.25) is 4.98 Å². The third-order valence-electron chi connectivity index (χ3n) is 2.14. The van der Waals surface area contributed by atoms with Gasteiger partial charge in [0.1, 0.15) is 5.82 Å². The van der Waals surface area contributed by atoms with Crippen LogP contribution in [0.4, 0.5) is 4.39 Å². The number of benzene rings is 1. The van der Waals surface area contributed by atoms with Gasteiger partial charge in [0, 0.05) is 17.1 Å². The lowest BCUT2D eigenvalue weighted by Gasteiger charge is -2.03. The Bertz CT molecular complexity index is 482. The highest BCUT2D eigenvalue weighted by Crippen LogP contribution is 2.23. The molecule has 14 heavy (non-hydrogen) atoms. The summed E-state index contributed by atoms with van der Waals surface area (Å²) < 4.78 is 12.9. The van der Waals surface area contributed by atoms with E-state index in [1.807, 2.05) is 13.0 Å². The molecule has 1 aromatic heterocycles. The molecule has 0 N–H and O–H groups in total. The van der Waals surface area contributed by atoms with Crippen molar-refractivity contribution in [2.75, 3.05) is 0 Å². The zero-order valence-corrected chi connectivity index (χ0v) is 8.48. The Hall–Kier alpha value is -1.15. The number of hydrogen-bond acceptors (Lipinski definition) is 1. The summed E-state index contributed by atoms with van der Waals surface area (Å²) in [5.74, 6) is -0.283. The summed E-state index contributed by atoms with van der Waals surface area (Å²) >= 11 is 6.03. The number of halogens is 2. The molecule has 0 fully saturated rings. The van der Waals surface area contributed by atoms with Gasteiger partial charge in [-0.1, -0.05) is 18.5 Å². The summed E-state index contributed by atoms with van der Waals surface area (Å²) in [6, 6.07) is 6.27. The first-order valence-electron chi connectivity index (χ1n) is 4.45. The smallest absolute Gasteiger partial charge is 0.125 e. The Morgan fingerprint density at radius 2 is 2.14 bits per heavy atom. The van der Waals surface area contributed by atoms with E-state index in [0.29, 0.717) is 10.5 Å². The molecule has 72 valence electrons. The Kier molecular flexibility index (Phi) is 2.38. The van der Waals surface area contributed by atoms with Crippen LogP contribution in [0.5, 0.6) is 0 Å². The van der Waals surface area contributed by atoms with Crippen LogP contribution in [-0.4, -0.2) is 4.98 Å². The van der Waals surface area contributed by atoms with Crippen LogP contribution in [0.25, 0.3) is 10.9 Å². The van der Waals surface area contributed by atoms with Crippen molar-refractivity contribution in [2.45, 2.75) is 13.3 Å². The summed E-state index contributed by atoms with van der Waals surface area (Å²) in [5, 5.41) is 1.43. The van der Waals surface area contributed by atoms with Gasteiger partial charge in [-0.05, 0) is 24.6 Å². The van der Waals surface area contributed by atoms with E-state index >= 15 is 0 Å². The van der Waals surface area contributed by atoms with E-state index in [0.717, 1.165) is 17.5 Å². The predicted molar refractivity (Wildman–Crippen MR) is 56.1 cm³/mol. The van der Waals surface area contributed by atoms with Gasteiger partial charge in [0.25, 0.3) is 0 Å². The van der Waals surface area contributed by atoms with E-state index in [-0.39, 0.29) is 5.82 Å². The number of pyridine rings is 1. The molecule has 0 saturated heterocycles. The van der Waals surface area contributed by atoms with Crippen LogP contribution in [0.1, 0.15) is 12.6 Å². The standard InChI is InChI=1S/C11H9ClFN/c1-2-8-6-10(12)9-4-3-7(13)5-11(9)14-8/h3-6H,2H2,1H3. The summed E-state index contributed by atoms with van der Waals surface area (Å²) in [4.78, 5) is 4.29. The maximum absolute atomic E-state index is 12.9. The van der Waals surface area contributed by atoms with Gasteiger partial charge in [0.15, 0.2) is 0 Å². The minimum Gasteiger partial charge on any atom is -0.253 e. The second-order valence-corrected chi connectivity index (χ2v) is 3.52. The lowest BCUT2D eigenvalue weighted by atomic mass is 10.2. The number of aromatic nitrogens is 1. The molecule has 2 aromatic rings. The van der Waals surface area contributed by atoms with Crippen molar-refractivity contribution in [3.63, 3.8) is 0 Å².